The number of ether oxygens (including phenoxy) is 1. The highest BCUT2D eigenvalue weighted by Gasteiger charge is 2.05. The van der Waals surface area contributed by atoms with Crippen molar-refractivity contribution in [3.05, 3.63) is 40.3 Å². The molecule has 1 aromatic heterocycles. The van der Waals surface area contributed by atoms with Gasteiger partial charge in [0.2, 0.25) is 0 Å². The lowest BCUT2D eigenvalue weighted by Crippen LogP contribution is -2.04. The van der Waals surface area contributed by atoms with Gasteiger partial charge in [-0.3, -0.25) is 0 Å². The highest BCUT2D eigenvalue weighted by atomic mass is 32.1. The Labute approximate surface area is 118 Å². The summed E-state index contributed by atoms with van der Waals surface area (Å²) in [5.41, 5.74) is 7.61. The topological polar surface area (TPSA) is 48.1 Å². The van der Waals surface area contributed by atoms with Crippen LogP contribution in [0.2, 0.25) is 0 Å². The molecule has 0 atom stereocenters. The maximum atomic E-state index is 5.82. The number of thiazole rings is 1. The molecule has 0 aliphatic heterocycles. The van der Waals surface area contributed by atoms with Crippen molar-refractivity contribution in [3.8, 4) is 5.75 Å². The van der Waals surface area contributed by atoms with Crippen LogP contribution in [-0.2, 0) is 12.8 Å². The smallest absolute Gasteiger partial charge is 0.142 e. The standard InChI is InChI=1S/C15H20N2OS/c1-11(2)9-15-17-12(10-19-15)7-8-18-14-6-4-3-5-13(14)16/h3-6,10-11H,7-9,16H2,1-2H3. The lowest BCUT2D eigenvalue weighted by atomic mass is 10.1. The number of nitrogens with zero attached hydrogens (tertiary/aromatic N) is 1. The summed E-state index contributed by atoms with van der Waals surface area (Å²) in [6, 6.07) is 7.57. The second-order valence-corrected chi connectivity index (χ2v) is 5.91. The van der Waals surface area contributed by atoms with Gasteiger partial charge in [0.1, 0.15) is 5.75 Å². The van der Waals surface area contributed by atoms with Gasteiger partial charge in [0.05, 0.1) is 23.0 Å². The molecule has 0 aliphatic carbocycles. The van der Waals surface area contributed by atoms with E-state index in [9.17, 15) is 0 Å². The average molecular weight is 276 g/mol. The van der Waals surface area contributed by atoms with Gasteiger partial charge in [-0.25, -0.2) is 4.98 Å². The number of hydrogen-bond acceptors (Lipinski definition) is 4. The Kier molecular flexibility index (Phi) is 4.80. The lowest BCUT2D eigenvalue weighted by molar-refractivity contribution is 0.322. The van der Waals surface area contributed by atoms with Gasteiger partial charge in [-0.2, -0.15) is 0 Å². The third-order valence-electron chi connectivity index (χ3n) is 2.72. The van der Waals surface area contributed by atoms with Crippen molar-refractivity contribution in [2.24, 2.45) is 5.92 Å². The highest BCUT2D eigenvalue weighted by Crippen LogP contribution is 2.20. The van der Waals surface area contributed by atoms with Crippen LogP contribution in [0.15, 0.2) is 29.6 Å². The number of hydrogen-bond donors (Lipinski definition) is 1. The summed E-state index contributed by atoms with van der Waals surface area (Å²) in [5, 5.41) is 3.33. The fourth-order valence-electron chi connectivity index (χ4n) is 1.78. The number of benzene rings is 1. The van der Waals surface area contributed by atoms with Crippen LogP contribution >= 0.6 is 11.3 Å². The number of para-hydroxylation sites is 2. The molecule has 0 bridgehead atoms. The molecule has 0 radical (unpaired) electrons. The molecule has 3 nitrogen and oxygen atoms in total. The fourth-order valence-corrected chi connectivity index (χ4v) is 2.83. The van der Waals surface area contributed by atoms with E-state index in [1.54, 1.807) is 11.3 Å². The SMILES string of the molecule is CC(C)Cc1nc(CCOc2ccccc2N)cs1. The number of nitrogen functional groups attached to an aromatic ring is 1. The van der Waals surface area contributed by atoms with Crippen molar-refractivity contribution in [2.45, 2.75) is 26.7 Å². The summed E-state index contributed by atoms with van der Waals surface area (Å²) in [7, 11) is 0. The number of rotatable bonds is 6. The first-order valence-corrected chi connectivity index (χ1v) is 7.43. The first-order valence-electron chi connectivity index (χ1n) is 6.55. The number of aromatic nitrogens is 1. The van der Waals surface area contributed by atoms with E-state index >= 15 is 0 Å². The van der Waals surface area contributed by atoms with E-state index in [-0.39, 0.29) is 0 Å². The maximum absolute atomic E-state index is 5.82. The zero-order chi connectivity index (χ0) is 13.7. The largest absolute Gasteiger partial charge is 0.491 e. The maximum Gasteiger partial charge on any atom is 0.142 e. The van der Waals surface area contributed by atoms with Crippen molar-refractivity contribution in [2.75, 3.05) is 12.3 Å². The van der Waals surface area contributed by atoms with Gasteiger partial charge in [-0.1, -0.05) is 26.0 Å². The van der Waals surface area contributed by atoms with E-state index < -0.39 is 0 Å². The lowest BCUT2D eigenvalue weighted by Gasteiger charge is -2.07. The van der Waals surface area contributed by atoms with Gasteiger partial charge in [-0.15, -0.1) is 11.3 Å². The fraction of sp³-hybridized carbons (Fsp3) is 0.400. The number of anilines is 1. The second kappa shape index (κ2) is 6.57. The zero-order valence-corrected chi connectivity index (χ0v) is 12.2. The Morgan fingerprint density at radius 2 is 2.11 bits per heavy atom. The minimum absolute atomic E-state index is 0.610. The van der Waals surface area contributed by atoms with Gasteiger partial charge in [-0.05, 0) is 18.1 Å². The van der Waals surface area contributed by atoms with Crippen molar-refractivity contribution in [3.63, 3.8) is 0 Å². The van der Waals surface area contributed by atoms with E-state index in [2.05, 4.69) is 24.2 Å². The zero-order valence-electron chi connectivity index (χ0n) is 11.4. The molecule has 102 valence electrons. The van der Waals surface area contributed by atoms with Crippen LogP contribution < -0.4 is 10.5 Å². The summed E-state index contributed by atoms with van der Waals surface area (Å²) in [6.07, 6.45) is 1.88. The van der Waals surface area contributed by atoms with Crippen LogP contribution in [-0.4, -0.2) is 11.6 Å². The van der Waals surface area contributed by atoms with Crippen LogP contribution in [0.4, 0.5) is 5.69 Å². The molecule has 0 saturated carbocycles. The summed E-state index contributed by atoms with van der Waals surface area (Å²) >= 11 is 1.74. The Morgan fingerprint density at radius 3 is 2.84 bits per heavy atom. The highest BCUT2D eigenvalue weighted by molar-refractivity contribution is 7.09. The Hall–Kier alpha value is -1.55. The Balaban J connectivity index is 1.83. The molecule has 0 aliphatic rings. The first-order chi connectivity index (χ1) is 9.15. The molecular weight excluding hydrogens is 256 g/mol. The monoisotopic (exact) mass is 276 g/mol. The Bertz CT molecular complexity index is 522. The van der Waals surface area contributed by atoms with Crippen molar-refractivity contribution in [1.29, 1.82) is 0 Å². The molecule has 0 spiro atoms. The van der Waals surface area contributed by atoms with E-state index in [4.69, 9.17) is 10.5 Å². The molecule has 0 amide bonds. The van der Waals surface area contributed by atoms with Crippen molar-refractivity contribution >= 4 is 17.0 Å². The van der Waals surface area contributed by atoms with Crippen molar-refractivity contribution < 1.29 is 4.74 Å². The van der Waals surface area contributed by atoms with E-state index in [1.165, 1.54) is 5.01 Å². The first kappa shape index (κ1) is 13.9. The molecule has 1 heterocycles. The second-order valence-electron chi connectivity index (χ2n) is 4.97. The van der Waals surface area contributed by atoms with E-state index in [0.717, 1.165) is 24.3 Å². The molecule has 2 aromatic rings. The van der Waals surface area contributed by atoms with Crippen LogP contribution in [0.1, 0.15) is 24.5 Å². The van der Waals surface area contributed by atoms with E-state index in [0.29, 0.717) is 18.2 Å². The minimum Gasteiger partial charge on any atom is -0.491 e. The van der Waals surface area contributed by atoms with Crippen LogP contribution in [0.25, 0.3) is 0 Å². The molecule has 2 rings (SSSR count). The summed E-state index contributed by atoms with van der Waals surface area (Å²) < 4.78 is 5.67. The molecule has 1 aromatic carbocycles. The molecular formula is C15H20N2OS. The number of nitrogens with two attached hydrogens (primary N) is 1. The Morgan fingerprint density at radius 1 is 1.32 bits per heavy atom. The predicted molar refractivity (Wildman–Crippen MR) is 80.7 cm³/mol. The van der Waals surface area contributed by atoms with Gasteiger partial charge >= 0.3 is 0 Å². The summed E-state index contributed by atoms with van der Waals surface area (Å²) in [6.45, 7) is 5.03. The quantitative estimate of drug-likeness (QED) is 0.821. The van der Waals surface area contributed by atoms with Gasteiger partial charge in [0.25, 0.3) is 0 Å². The third kappa shape index (κ3) is 4.24. The molecule has 0 fully saturated rings. The normalized spacial score (nSPS) is 10.9. The van der Waals surface area contributed by atoms with E-state index in [1.807, 2.05) is 24.3 Å². The molecule has 4 heteroatoms. The van der Waals surface area contributed by atoms with Crippen molar-refractivity contribution in [1.82, 2.24) is 4.98 Å². The molecule has 19 heavy (non-hydrogen) atoms. The third-order valence-corrected chi connectivity index (χ3v) is 3.64. The van der Waals surface area contributed by atoms with Crippen LogP contribution in [0.3, 0.4) is 0 Å². The van der Waals surface area contributed by atoms with Crippen LogP contribution in [0.5, 0.6) is 5.75 Å². The molecule has 0 unspecified atom stereocenters. The van der Waals surface area contributed by atoms with Crippen LogP contribution in [0, 0.1) is 5.92 Å². The molecule has 2 N–H and O–H groups in total. The predicted octanol–water partition coefficient (Wildman–Crippen LogP) is 3.55. The average Bonchev–Trinajstić information content (AvgIpc) is 2.78. The van der Waals surface area contributed by atoms with Gasteiger partial charge in [0.15, 0.2) is 0 Å². The minimum atomic E-state index is 0.610. The molecule has 0 saturated heterocycles. The van der Waals surface area contributed by atoms with Gasteiger partial charge < -0.3 is 10.5 Å². The summed E-state index contributed by atoms with van der Waals surface area (Å²) in [4.78, 5) is 4.61. The summed E-state index contributed by atoms with van der Waals surface area (Å²) in [5.74, 6) is 1.40. The van der Waals surface area contributed by atoms with Gasteiger partial charge in [0, 0.05) is 18.2 Å².